The number of aliphatic carboxylic acids is 1. The van der Waals surface area contributed by atoms with Crippen molar-refractivity contribution in [2.45, 2.75) is 33.3 Å². The zero-order chi connectivity index (χ0) is 20.7. The van der Waals surface area contributed by atoms with E-state index in [0.29, 0.717) is 22.8 Å². The van der Waals surface area contributed by atoms with Gasteiger partial charge in [-0.2, -0.15) is 5.10 Å². The number of aryl methyl sites for hydroxylation is 1. The lowest BCUT2D eigenvalue weighted by Crippen LogP contribution is -2.22. The number of pyridine rings is 1. The highest BCUT2D eigenvalue weighted by atomic mass is 16.5. The van der Waals surface area contributed by atoms with E-state index in [1.807, 2.05) is 32.9 Å². The SMILES string of the molecule is CC.COc1ccc2c(OCCC(O)C(=O)O)cc(-n3ccc(C)n3)nc2c1. The molecule has 8 nitrogen and oxygen atoms in total. The van der Waals surface area contributed by atoms with Crippen LogP contribution < -0.4 is 9.47 Å². The predicted octanol–water partition coefficient (Wildman–Crippen LogP) is 2.98. The summed E-state index contributed by atoms with van der Waals surface area (Å²) < 4.78 is 12.6. The van der Waals surface area contributed by atoms with Gasteiger partial charge in [-0.25, -0.2) is 14.5 Å². The first-order chi connectivity index (χ1) is 13.5. The summed E-state index contributed by atoms with van der Waals surface area (Å²) in [7, 11) is 1.58. The number of carbonyl (C=O) groups is 1. The summed E-state index contributed by atoms with van der Waals surface area (Å²) in [6.45, 7) is 5.93. The number of rotatable bonds is 7. The van der Waals surface area contributed by atoms with Gasteiger partial charge in [0.1, 0.15) is 11.5 Å². The molecular weight excluding hydrogens is 362 g/mol. The summed E-state index contributed by atoms with van der Waals surface area (Å²) in [5, 5.41) is 23.3. The maximum absolute atomic E-state index is 10.7. The molecule has 8 heteroatoms. The number of hydrogen-bond donors (Lipinski definition) is 2. The summed E-state index contributed by atoms with van der Waals surface area (Å²) in [6.07, 6.45) is 0.309. The molecule has 1 atom stereocenters. The first-order valence-corrected chi connectivity index (χ1v) is 9.03. The number of methoxy groups -OCH3 is 1. The second-order valence-corrected chi connectivity index (χ2v) is 5.75. The largest absolute Gasteiger partial charge is 0.497 e. The Morgan fingerprint density at radius 2 is 2.00 bits per heavy atom. The molecule has 28 heavy (non-hydrogen) atoms. The molecule has 3 aromatic rings. The lowest BCUT2D eigenvalue weighted by molar-refractivity contribution is -0.147. The van der Waals surface area contributed by atoms with Crippen molar-refractivity contribution in [3.05, 3.63) is 42.2 Å². The monoisotopic (exact) mass is 387 g/mol. The molecule has 0 bridgehead atoms. The van der Waals surface area contributed by atoms with Crippen LogP contribution in [-0.2, 0) is 4.79 Å². The number of aliphatic hydroxyl groups is 1. The van der Waals surface area contributed by atoms with Gasteiger partial charge in [0.2, 0.25) is 0 Å². The summed E-state index contributed by atoms with van der Waals surface area (Å²) in [5.74, 6) is 0.475. The van der Waals surface area contributed by atoms with Crippen molar-refractivity contribution in [2.75, 3.05) is 13.7 Å². The van der Waals surface area contributed by atoms with Gasteiger partial charge >= 0.3 is 5.97 Å². The van der Waals surface area contributed by atoms with E-state index in [2.05, 4.69) is 10.1 Å². The molecule has 0 fully saturated rings. The third-order valence-corrected chi connectivity index (χ3v) is 3.86. The number of ether oxygens (including phenoxy) is 2. The molecule has 0 saturated carbocycles. The molecule has 0 aliphatic heterocycles. The Morgan fingerprint density at radius 3 is 2.61 bits per heavy atom. The average molecular weight is 387 g/mol. The van der Waals surface area contributed by atoms with Crippen molar-refractivity contribution in [1.29, 1.82) is 0 Å². The molecule has 2 heterocycles. The highest BCUT2D eigenvalue weighted by Crippen LogP contribution is 2.30. The van der Waals surface area contributed by atoms with Crippen LogP contribution in [0.25, 0.3) is 16.7 Å². The molecule has 150 valence electrons. The topological polar surface area (TPSA) is 107 Å². The average Bonchev–Trinajstić information content (AvgIpc) is 3.15. The number of nitrogens with zero attached hydrogens (tertiary/aromatic N) is 3. The fourth-order valence-corrected chi connectivity index (χ4v) is 2.47. The Balaban J connectivity index is 0.00000136. The summed E-state index contributed by atoms with van der Waals surface area (Å²) in [4.78, 5) is 15.3. The summed E-state index contributed by atoms with van der Waals surface area (Å²) >= 11 is 0. The van der Waals surface area contributed by atoms with Crippen LogP contribution in [0.2, 0.25) is 0 Å². The van der Waals surface area contributed by atoms with Crippen molar-refractivity contribution in [1.82, 2.24) is 14.8 Å². The Labute approximate surface area is 163 Å². The Hall–Kier alpha value is -3.13. The highest BCUT2D eigenvalue weighted by molar-refractivity contribution is 5.87. The molecule has 0 saturated heterocycles. The first kappa shape index (κ1) is 21.2. The molecule has 2 N–H and O–H groups in total. The number of aliphatic hydroxyl groups excluding tert-OH is 1. The molecule has 3 rings (SSSR count). The number of carboxylic acids is 1. The second-order valence-electron chi connectivity index (χ2n) is 5.75. The van der Waals surface area contributed by atoms with E-state index in [4.69, 9.17) is 14.6 Å². The Kier molecular flexibility index (Phi) is 7.34. The van der Waals surface area contributed by atoms with Crippen molar-refractivity contribution in [2.24, 2.45) is 0 Å². The van der Waals surface area contributed by atoms with Gasteiger partial charge in [-0.1, -0.05) is 13.8 Å². The van der Waals surface area contributed by atoms with Gasteiger partial charge in [-0.15, -0.1) is 0 Å². The molecule has 2 aromatic heterocycles. The maximum atomic E-state index is 10.7. The molecule has 0 aliphatic rings. The maximum Gasteiger partial charge on any atom is 0.332 e. The van der Waals surface area contributed by atoms with E-state index in [-0.39, 0.29) is 13.0 Å². The quantitative estimate of drug-likeness (QED) is 0.642. The van der Waals surface area contributed by atoms with E-state index >= 15 is 0 Å². The molecule has 0 aliphatic carbocycles. The lowest BCUT2D eigenvalue weighted by atomic mass is 10.2. The molecular formula is C20H25N3O5. The van der Waals surface area contributed by atoms with E-state index in [9.17, 15) is 9.90 Å². The molecule has 1 unspecified atom stereocenters. The van der Waals surface area contributed by atoms with Crippen LogP contribution in [0.5, 0.6) is 11.5 Å². The zero-order valence-corrected chi connectivity index (χ0v) is 16.4. The van der Waals surface area contributed by atoms with Crippen molar-refractivity contribution >= 4 is 16.9 Å². The third kappa shape index (κ3) is 4.98. The minimum atomic E-state index is -1.46. The second kappa shape index (κ2) is 9.70. The third-order valence-electron chi connectivity index (χ3n) is 3.86. The minimum absolute atomic E-state index is 0.0223. The smallest absolute Gasteiger partial charge is 0.332 e. The lowest BCUT2D eigenvalue weighted by Gasteiger charge is -2.13. The standard InChI is InChI=1S/C18H19N3O5.C2H6/c1-11-5-7-21(20-11)17-10-16(26-8-6-15(22)18(23)24)13-4-3-12(25-2)9-14(13)19-17;1-2/h3-5,7,9-10,15,22H,6,8H2,1-2H3,(H,23,24);1-2H3. The van der Waals surface area contributed by atoms with Crippen molar-refractivity contribution in [3.63, 3.8) is 0 Å². The molecule has 0 radical (unpaired) electrons. The normalized spacial score (nSPS) is 11.5. The molecule has 1 aromatic carbocycles. The summed E-state index contributed by atoms with van der Waals surface area (Å²) in [5.41, 5.74) is 1.51. The van der Waals surface area contributed by atoms with Gasteiger partial charge in [0.25, 0.3) is 0 Å². The van der Waals surface area contributed by atoms with Crippen molar-refractivity contribution < 1.29 is 24.5 Å². The van der Waals surface area contributed by atoms with Crippen LogP contribution in [0, 0.1) is 6.92 Å². The van der Waals surface area contributed by atoms with Crippen LogP contribution in [0.3, 0.4) is 0 Å². The van der Waals surface area contributed by atoms with Crippen LogP contribution in [0.15, 0.2) is 36.5 Å². The number of benzene rings is 1. The van der Waals surface area contributed by atoms with E-state index in [1.165, 1.54) is 0 Å². The van der Waals surface area contributed by atoms with Gasteiger partial charge in [-0.05, 0) is 25.1 Å². The molecule has 0 spiro atoms. The van der Waals surface area contributed by atoms with Gasteiger partial charge in [0.15, 0.2) is 11.9 Å². The number of fused-ring (bicyclic) bond motifs is 1. The first-order valence-electron chi connectivity index (χ1n) is 9.03. The molecule has 0 amide bonds. The van der Waals surface area contributed by atoms with Crippen LogP contribution in [-0.4, -0.2) is 50.8 Å². The number of carboxylic acid groups (broad SMARTS) is 1. The van der Waals surface area contributed by atoms with E-state index in [1.54, 1.807) is 36.2 Å². The Morgan fingerprint density at radius 1 is 1.25 bits per heavy atom. The fourth-order valence-electron chi connectivity index (χ4n) is 2.47. The number of hydrogen-bond acceptors (Lipinski definition) is 6. The van der Waals surface area contributed by atoms with E-state index < -0.39 is 12.1 Å². The fraction of sp³-hybridized carbons (Fsp3) is 0.350. The van der Waals surface area contributed by atoms with Gasteiger partial charge in [-0.3, -0.25) is 0 Å². The number of aromatic nitrogens is 3. The minimum Gasteiger partial charge on any atom is -0.497 e. The van der Waals surface area contributed by atoms with Crippen LogP contribution in [0.4, 0.5) is 0 Å². The Bertz CT molecular complexity index is 939. The highest BCUT2D eigenvalue weighted by Gasteiger charge is 2.15. The summed E-state index contributed by atoms with van der Waals surface area (Å²) in [6, 6.07) is 8.99. The van der Waals surface area contributed by atoms with Gasteiger partial charge < -0.3 is 19.7 Å². The van der Waals surface area contributed by atoms with E-state index in [0.717, 1.165) is 11.1 Å². The predicted molar refractivity (Wildman–Crippen MR) is 105 cm³/mol. The van der Waals surface area contributed by atoms with Gasteiger partial charge in [0, 0.05) is 30.1 Å². The van der Waals surface area contributed by atoms with Crippen LogP contribution >= 0.6 is 0 Å². The zero-order valence-electron chi connectivity index (χ0n) is 16.4. The van der Waals surface area contributed by atoms with Crippen LogP contribution in [0.1, 0.15) is 26.0 Å². The van der Waals surface area contributed by atoms with Crippen molar-refractivity contribution in [3.8, 4) is 17.3 Å². The van der Waals surface area contributed by atoms with Gasteiger partial charge in [0.05, 0.1) is 24.9 Å².